The number of carbonyl (C=O) groups excluding carboxylic acids is 1. The van der Waals surface area contributed by atoms with Crippen molar-refractivity contribution in [3.63, 3.8) is 0 Å². The van der Waals surface area contributed by atoms with E-state index in [2.05, 4.69) is 13.8 Å². The normalized spacial score (nSPS) is 12.8. The third-order valence-electron chi connectivity index (χ3n) is 2.50. The van der Waals surface area contributed by atoms with Crippen molar-refractivity contribution < 1.29 is 19.4 Å². The number of hydrogen-bond acceptors (Lipinski definition) is 3. The van der Waals surface area contributed by atoms with Crippen LogP contribution in [0.15, 0.2) is 0 Å². The second-order valence-corrected chi connectivity index (χ2v) is 5.15. The summed E-state index contributed by atoms with van der Waals surface area (Å²) >= 11 is 0. The maximum atomic E-state index is 11.5. The van der Waals surface area contributed by atoms with Crippen LogP contribution in [0.1, 0.15) is 53.4 Å². The van der Waals surface area contributed by atoms with Crippen molar-refractivity contribution in [2.75, 3.05) is 0 Å². The SMILES string of the molecule is CC(C)CC(OC(=O)CCCC(=O)O)C(C)C. The third-order valence-corrected chi connectivity index (χ3v) is 2.50. The summed E-state index contributed by atoms with van der Waals surface area (Å²) in [5, 5.41) is 8.46. The lowest BCUT2D eigenvalue weighted by Gasteiger charge is -2.23. The van der Waals surface area contributed by atoms with E-state index in [1.54, 1.807) is 0 Å². The molecule has 0 spiro atoms. The molecule has 0 aromatic rings. The second-order valence-electron chi connectivity index (χ2n) is 5.15. The lowest BCUT2D eigenvalue weighted by molar-refractivity contribution is -0.152. The molecule has 0 rings (SSSR count). The number of esters is 1. The van der Waals surface area contributed by atoms with E-state index in [4.69, 9.17) is 9.84 Å². The zero-order valence-electron chi connectivity index (χ0n) is 11.2. The van der Waals surface area contributed by atoms with Gasteiger partial charge in [-0.2, -0.15) is 0 Å². The molecule has 0 heterocycles. The van der Waals surface area contributed by atoms with E-state index in [1.165, 1.54) is 0 Å². The summed E-state index contributed by atoms with van der Waals surface area (Å²) in [6, 6.07) is 0. The van der Waals surface area contributed by atoms with Crippen LogP contribution in [-0.2, 0) is 14.3 Å². The molecule has 17 heavy (non-hydrogen) atoms. The average Bonchev–Trinajstić information content (AvgIpc) is 2.15. The van der Waals surface area contributed by atoms with Gasteiger partial charge < -0.3 is 9.84 Å². The summed E-state index contributed by atoms with van der Waals surface area (Å²) in [7, 11) is 0. The van der Waals surface area contributed by atoms with Gasteiger partial charge in [0.2, 0.25) is 0 Å². The number of carboxylic acid groups (broad SMARTS) is 1. The Balaban J connectivity index is 3.99. The molecule has 0 amide bonds. The molecule has 1 unspecified atom stereocenters. The predicted octanol–water partition coefficient (Wildman–Crippen LogP) is 2.86. The molecule has 0 aliphatic rings. The van der Waals surface area contributed by atoms with Gasteiger partial charge in [-0.25, -0.2) is 0 Å². The smallest absolute Gasteiger partial charge is 0.306 e. The van der Waals surface area contributed by atoms with Crippen molar-refractivity contribution in [2.45, 2.75) is 59.5 Å². The van der Waals surface area contributed by atoms with Crippen LogP contribution in [0, 0.1) is 11.8 Å². The lowest BCUT2D eigenvalue weighted by Crippen LogP contribution is -2.25. The zero-order valence-corrected chi connectivity index (χ0v) is 11.2. The summed E-state index contributed by atoms with van der Waals surface area (Å²) in [6.45, 7) is 8.23. The van der Waals surface area contributed by atoms with Crippen LogP contribution in [-0.4, -0.2) is 23.1 Å². The number of rotatable bonds is 8. The quantitative estimate of drug-likeness (QED) is 0.667. The average molecular weight is 244 g/mol. The van der Waals surface area contributed by atoms with Gasteiger partial charge in [-0.3, -0.25) is 9.59 Å². The Morgan fingerprint density at radius 3 is 2.12 bits per heavy atom. The Bertz CT molecular complexity index is 246. The van der Waals surface area contributed by atoms with Crippen LogP contribution in [0.2, 0.25) is 0 Å². The first-order valence-corrected chi connectivity index (χ1v) is 6.24. The molecule has 4 heteroatoms. The van der Waals surface area contributed by atoms with Crippen molar-refractivity contribution in [1.82, 2.24) is 0 Å². The lowest BCUT2D eigenvalue weighted by atomic mass is 9.97. The predicted molar refractivity (Wildman–Crippen MR) is 65.7 cm³/mol. The number of ether oxygens (including phenoxy) is 1. The second kappa shape index (κ2) is 8.09. The van der Waals surface area contributed by atoms with Gasteiger partial charge in [-0.05, 0) is 24.7 Å². The first-order valence-electron chi connectivity index (χ1n) is 6.24. The van der Waals surface area contributed by atoms with Crippen molar-refractivity contribution in [3.05, 3.63) is 0 Å². The van der Waals surface area contributed by atoms with E-state index in [0.29, 0.717) is 18.3 Å². The maximum Gasteiger partial charge on any atom is 0.306 e. The molecule has 0 saturated heterocycles. The molecule has 0 aromatic carbocycles. The van der Waals surface area contributed by atoms with Crippen LogP contribution in [0.3, 0.4) is 0 Å². The summed E-state index contributed by atoms with van der Waals surface area (Å²) < 4.78 is 5.37. The molecule has 1 N–H and O–H groups in total. The van der Waals surface area contributed by atoms with E-state index < -0.39 is 5.97 Å². The van der Waals surface area contributed by atoms with Crippen molar-refractivity contribution in [2.24, 2.45) is 11.8 Å². The Morgan fingerprint density at radius 2 is 1.71 bits per heavy atom. The fourth-order valence-electron chi connectivity index (χ4n) is 1.53. The summed E-state index contributed by atoms with van der Waals surface area (Å²) in [4.78, 5) is 21.8. The number of hydrogen-bond donors (Lipinski definition) is 1. The number of carboxylic acids is 1. The van der Waals surface area contributed by atoms with Crippen molar-refractivity contribution in [1.29, 1.82) is 0 Å². The fraction of sp³-hybridized carbons (Fsp3) is 0.846. The fourth-order valence-corrected chi connectivity index (χ4v) is 1.53. The van der Waals surface area contributed by atoms with Crippen LogP contribution >= 0.6 is 0 Å². The monoisotopic (exact) mass is 244 g/mol. The van der Waals surface area contributed by atoms with E-state index >= 15 is 0 Å². The molecule has 1 atom stereocenters. The van der Waals surface area contributed by atoms with Crippen LogP contribution in [0.4, 0.5) is 0 Å². The van der Waals surface area contributed by atoms with Crippen molar-refractivity contribution in [3.8, 4) is 0 Å². The van der Waals surface area contributed by atoms with E-state index in [0.717, 1.165) is 6.42 Å². The molecule has 0 fully saturated rings. The molecule has 4 nitrogen and oxygen atoms in total. The largest absolute Gasteiger partial charge is 0.481 e. The topological polar surface area (TPSA) is 63.6 Å². The van der Waals surface area contributed by atoms with E-state index in [9.17, 15) is 9.59 Å². The van der Waals surface area contributed by atoms with E-state index in [1.807, 2.05) is 13.8 Å². The van der Waals surface area contributed by atoms with Gasteiger partial charge in [0.1, 0.15) is 6.10 Å². The Labute approximate surface area is 103 Å². The molecule has 0 bridgehead atoms. The summed E-state index contributed by atoms with van der Waals surface area (Å²) in [5.74, 6) is -0.388. The van der Waals surface area contributed by atoms with E-state index in [-0.39, 0.29) is 24.9 Å². The first kappa shape index (κ1) is 15.9. The van der Waals surface area contributed by atoms with Gasteiger partial charge >= 0.3 is 11.9 Å². The zero-order chi connectivity index (χ0) is 13.4. The Hall–Kier alpha value is -1.06. The maximum absolute atomic E-state index is 11.5. The van der Waals surface area contributed by atoms with Gasteiger partial charge in [-0.1, -0.05) is 27.7 Å². The molecule has 0 saturated carbocycles. The third kappa shape index (κ3) is 8.72. The molecule has 0 aliphatic carbocycles. The highest BCUT2D eigenvalue weighted by Crippen LogP contribution is 2.17. The molecular formula is C13H24O4. The minimum Gasteiger partial charge on any atom is -0.481 e. The highest BCUT2D eigenvalue weighted by Gasteiger charge is 2.19. The Morgan fingerprint density at radius 1 is 1.12 bits per heavy atom. The standard InChI is InChI=1S/C13H24O4/c1-9(2)8-11(10(3)4)17-13(16)7-5-6-12(14)15/h9-11H,5-8H2,1-4H3,(H,14,15). The van der Waals surface area contributed by atoms with Gasteiger partial charge in [-0.15, -0.1) is 0 Å². The molecule has 0 radical (unpaired) electrons. The van der Waals surface area contributed by atoms with Gasteiger partial charge in [0, 0.05) is 12.8 Å². The molecule has 0 aliphatic heterocycles. The number of carbonyl (C=O) groups is 2. The van der Waals surface area contributed by atoms with Crippen LogP contribution in [0.5, 0.6) is 0 Å². The summed E-state index contributed by atoms with van der Waals surface area (Å²) in [6.07, 6.45) is 1.34. The van der Waals surface area contributed by atoms with Crippen LogP contribution in [0.25, 0.3) is 0 Å². The molecule has 100 valence electrons. The highest BCUT2D eigenvalue weighted by molar-refractivity contribution is 5.71. The minimum atomic E-state index is -0.875. The van der Waals surface area contributed by atoms with Crippen molar-refractivity contribution >= 4 is 11.9 Å². The number of aliphatic carboxylic acids is 1. The van der Waals surface area contributed by atoms with Gasteiger partial charge in [0.15, 0.2) is 0 Å². The van der Waals surface area contributed by atoms with Gasteiger partial charge in [0.05, 0.1) is 0 Å². The summed E-state index contributed by atoms with van der Waals surface area (Å²) in [5.41, 5.74) is 0. The molecule has 0 aromatic heterocycles. The Kier molecular flexibility index (Phi) is 7.59. The highest BCUT2D eigenvalue weighted by atomic mass is 16.5. The van der Waals surface area contributed by atoms with Crippen LogP contribution < -0.4 is 0 Å². The minimum absolute atomic E-state index is 0.0195. The molecular weight excluding hydrogens is 220 g/mol. The van der Waals surface area contributed by atoms with Gasteiger partial charge in [0.25, 0.3) is 0 Å². The first-order chi connectivity index (χ1) is 7.82.